The summed E-state index contributed by atoms with van der Waals surface area (Å²) in [5.41, 5.74) is 3.50. The molecule has 2 aromatic carbocycles. The van der Waals surface area contributed by atoms with Gasteiger partial charge in [-0.1, -0.05) is 49.4 Å². The zero-order valence-corrected chi connectivity index (χ0v) is 16.6. The molecule has 0 fully saturated rings. The van der Waals surface area contributed by atoms with Gasteiger partial charge in [0.05, 0.1) is 5.75 Å². The number of halogens is 1. The van der Waals surface area contributed by atoms with E-state index in [0.717, 1.165) is 17.5 Å². The van der Waals surface area contributed by atoms with Crippen molar-refractivity contribution in [3.63, 3.8) is 0 Å². The second-order valence-electron chi connectivity index (χ2n) is 6.68. The third kappa shape index (κ3) is 5.47. The van der Waals surface area contributed by atoms with Crippen LogP contribution >= 0.6 is 0 Å². The predicted octanol–water partition coefficient (Wildman–Crippen LogP) is 4.32. The molecule has 0 bridgehead atoms. The number of benzene rings is 2. The maximum atomic E-state index is 13.1. The molecular formula is C22H23FN2O2S. The Balaban J connectivity index is 1.85. The first kappa shape index (κ1) is 20.2. The number of rotatable bonds is 8. The van der Waals surface area contributed by atoms with E-state index in [0.29, 0.717) is 5.56 Å². The summed E-state index contributed by atoms with van der Waals surface area (Å²) in [7, 11) is -3.62. The summed E-state index contributed by atoms with van der Waals surface area (Å²) in [6, 6.07) is 17.2. The quantitative estimate of drug-likeness (QED) is 0.568. The van der Waals surface area contributed by atoms with Crippen LogP contribution in [0.25, 0.3) is 0 Å². The van der Waals surface area contributed by atoms with Crippen molar-refractivity contribution in [3.8, 4) is 0 Å². The Labute approximate surface area is 165 Å². The summed E-state index contributed by atoms with van der Waals surface area (Å²) in [5.74, 6) is -0.565. The minimum atomic E-state index is -3.62. The molecule has 0 amide bonds. The number of aromatic nitrogens is 1. The van der Waals surface area contributed by atoms with Gasteiger partial charge in [-0.2, -0.15) is 4.31 Å². The Hall–Kier alpha value is -2.57. The van der Waals surface area contributed by atoms with Crippen LogP contribution in [0.4, 0.5) is 4.39 Å². The van der Waals surface area contributed by atoms with Gasteiger partial charge in [-0.05, 0) is 46.9 Å². The fourth-order valence-electron chi connectivity index (χ4n) is 2.91. The van der Waals surface area contributed by atoms with E-state index in [4.69, 9.17) is 0 Å². The first-order valence-electron chi connectivity index (χ1n) is 9.15. The predicted molar refractivity (Wildman–Crippen MR) is 108 cm³/mol. The number of sulfonamides is 1. The van der Waals surface area contributed by atoms with Crippen LogP contribution in [0.2, 0.25) is 0 Å². The molecule has 0 N–H and O–H groups in total. The van der Waals surface area contributed by atoms with E-state index in [1.54, 1.807) is 18.5 Å². The Morgan fingerprint density at radius 2 is 1.46 bits per heavy atom. The Morgan fingerprint density at radius 1 is 0.857 bits per heavy atom. The maximum Gasteiger partial charge on any atom is 0.218 e. The number of hydrogen-bond acceptors (Lipinski definition) is 3. The summed E-state index contributed by atoms with van der Waals surface area (Å²) in [5, 5.41) is 0. The molecule has 0 saturated carbocycles. The van der Waals surface area contributed by atoms with Gasteiger partial charge >= 0.3 is 0 Å². The molecule has 1 aromatic heterocycles. The second kappa shape index (κ2) is 9.08. The average molecular weight is 399 g/mol. The van der Waals surface area contributed by atoms with E-state index in [-0.39, 0.29) is 24.7 Å². The van der Waals surface area contributed by atoms with Gasteiger partial charge in [0.1, 0.15) is 5.82 Å². The van der Waals surface area contributed by atoms with Crippen molar-refractivity contribution in [3.05, 3.63) is 101 Å². The SMILES string of the molecule is CCc1ccc(CN(Cc2cccnc2)S(=O)(=O)Cc2ccc(F)cc2)cc1. The highest BCUT2D eigenvalue weighted by atomic mass is 32.2. The number of aryl methyl sites for hydroxylation is 1. The second-order valence-corrected chi connectivity index (χ2v) is 8.65. The van der Waals surface area contributed by atoms with E-state index < -0.39 is 10.0 Å². The molecule has 6 heteroatoms. The molecule has 28 heavy (non-hydrogen) atoms. The first-order chi connectivity index (χ1) is 13.5. The minimum absolute atomic E-state index is 0.180. The van der Waals surface area contributed by atoms with Gasteiger partial charge < -0.3 is 0 Å². The molecule has 0 radical (unpaired) electrons. The normalized spacial score (nSPS) is 11.7. The van der Waals surface area contributed by atoms with Crippen molar-refractivity contribution >= 4 is 10.0 Å². The molecule has 3 aromatic rings. The molecule has 0 unspecified atom stereocenters. The van der Waals surface area contributed by atoms with Gasteiger partial charge in [-0.15, -0.1) is 0 Å². The summed E-state index contributed by atoms with van der Waals surface area (Å²) < 4.78 is 40.9. The molecule has 146 valence electrons. The fraction of sp³-hybridized carbons (Fsp3) is 0.227. The summed E-state index contributed by atoms with van der Waals surface area (Å²) >= 11 is 0. The molecule has 0 saturated heterocycles. The van der Waals surface area contributed by atoms with Gasteiger partial charge in [-0.25, -0.2) is 12.8 Å². The van der Waals surface area contributed by atoms with E-state index in [1.807, 2.05) is 30.3 Å². The lowest BCUT2D eigenvalue weighted by Gasteiger charge is -2.22. The van der Waals surface area contributed by atoms with Crippen molar-refractivity contribution in [2.75, 3.05) is 0 Å². The standard InChI is InChI=1S/C22H23FN2O2S/c1-2-18-5-7-19(8-6-18)15-25(16-21-4-3-13-24-14-21)28(26,27)17-20-9-11-22(23)12-10-20/h3-14H,2,15-17H2,1H3. The smallest absolute Gasteiger partial charge is 0.218 e. The molecule has 3 rings (SSSR count). The first-order valence-corrected chi connectivity index (χ1v) is 10.8. The van der Waals surface area contributed by atoms with Crippen molar-refractivity contribution in [1.82, 2.24) is 9.29 Å². The minimum Gasteiger partial charge on any atom is -0.264 e. The molecule has 0 spiro atoms. The summed E-state index contributed by atoms with van der Waals surface area (Å²) in [6.45, 7) is 2.58. The van der Waals surface area contributed by atoms with Crippen LogP contribution in [0.1, 0.15) is 29.2 Å². The number of nitrogens with zero attached hydrogens (tertiary/aromatic N) is 2. The van der Waals surface area contributed by atoms with E-state index >= 15 is 0 Å². The molecule has 0 aliphatic heterocycles. The summed E-state index contributed by atoms with van der Waals surface area (Å²) in [6.07, 6.45) is 4.26. The van der Waals surface area contributed by atoms with E-state index in [1.165, 1.54) is 34.1 Å². The lowest BCUT2D eigenvalue weighted by molar-refractivity contribution is 0.400. The van der Waals surface area contributed by atoms with Gasteiger partial charge in [0.2, 0.25) is 10.0 Å². The number of pyridine rings is 1. The lowest BCUT2D eigenvalue weighted by Crippen LogP contribution is -2.31. The number of hydrogen-bond donors (Lipinski definition) is 0. The van der Waals surface area contributed by atoms with Crippen molar-refractivity contribution in [1.29, 1.82) is 0 Å². The van der Waals surface area contributed by atoms with Crippen LogP contribution in [0.15, 0.2) is 73.1 Å². The zero-order valence-electron chi connectivity index (χ0n) is 15.8. The van der Waals surface area contributed by atoms with Gasteiger partial charge in [0.15, 0.2) is 0 Å². The molecular weight excluding hydrogens is 375 g/mol. The van der Waals surface area contributed by atoms with Crippen molar-refractivity contribution in [2.24, 2.45) is 0 Å². The van der Waals surface area contributed by atoms with Crippen molar-refractivity contribution in [2.45, 2.75) is 32.2 Å². The Bertz CT molecular complexity index is 989. The van der Waals surface area contributed by atoms with E-state index in [2.05, 4.69) is 11.9 Å². The van der Waals surface area contributed by atoms with Gasteiger partial charge in [-0.3, -0.25) is 4.98 Å². The largest absolute Gasteiger partial charge is 0.264 e. The molecule has 1 heterocycles. The molecule has 4 nitrogen and oxygen atoms in total. The van der Waals surface area contributed by atoms with Crippen LogP contribution in [0.5, 0.6) is 0 Å². The molecule has 0 aliphatic carbocycles. The van der Waals surface area contributed by atoms with Crippen LogP contribution < -0.4 is 0 Å². The topological polar surface area (TPSA) is 50.3 Å². The van der Waals surface area contributed by atoms with Crippen molar-refractivity contribution < 1.29 is 12.8 Å². The van der Waals surface area contributed by atoms with Crippen LogP contribution in [-0.2, 0) is 35.3 Å². The monoisotopic (exact) mass is 398 g/mol. The third-order valence-electron chi connectivity index (χ3n) is 4.53. The van der Waals surface area contributed by atoms with E-state index in [9.17, 15) is 12.8 Å². The highest BCUT2D eigenvalue weighted by Crippen LogP contribution is 2.19. The maximum absolute atomic E-state index is 13.1. The highest BCUT2D eigenvalue weighted by Gasteiger charge is 2.23. The molecule has 0 atom stereocenters. The van der Waals surface area contributed by atoms with Gasteiger partial charge in [0.25, 0.3) is 0 Å². The fourth-order valence-corrected chi connectivity index (χ4v) is 4.40. The lowest BCUT2D eigenvalue weighted by atomic mass is 10.1. The average Bonchev–Trinajstić information content (AvgIpc) is 2.70. The Morgan fingerprint density at radius 3 is 2.07 bits per heavy atom. The molecule has 0 aliphatic rings. The third-order valence-corrected chi connectivity index (χ3v) is 6.27. The van der Waals surface area contributed by atoms with Crippen LogP contribution in [-0.4, -0.2) is 17.7 Å². The van der Waals surface area contributed by atoms with Gasteiger partial charge in [0, 0.05) is 25.5 Å². The highest BCUT2D eigenvalue weighted by molar-refractivity contribution is 7.88. The Kier molecular flexibility index (Phi) is 6.54. The zero-order chi connectivity index (χ0) is 20.0. The van der Waals surface area contributed by atoms with Crippen LogP contribution in [0, 0.1) is 5.82 Å². The summed E-state index contributed by atoms with van der Waals surface area (Å²) in [4.78, 5) is 4.08. The van der Waals surface area contributed by atoms with Crippen LogP contribution in [0.3, 0.4) is 0 Å².